The third kappa shape index (κ3) is 4.85. The third-order valence-corrected chi connectivity index (χ3v) is 5.79. The van der Waals surface area contributed by atoms with E-state index in [0.29, 0.717) is 18.7 Å². The molecule has 154 valence electrons. The number of benzene rings is 2. The van der Waals surface area contributed by atoms with Crippen LogP contribution in [-0.2, 0) is 11.3 Å². The SMILES string of the molecule is CC[NH+](CC)CCCNC(=O)C1c2ccccc2C(=O)N1Cc1ccc(C)cc1. The van der Waals surface area contributed by atoms with Crippen molar-refractivity contribution < 1.29 is 14.5 Å². The number of hydrogen-bond acceptors (Lipinski definition) is 2. The molecule has 1 unspecified atom stereocenters. The van der Waals surface area contributed by atoms with Crippen LogP contribution in [0, 0.1) is 6.92 Å². The van der Waals surface area contributed by atoms with E-state index in [9.17, 15) is 9.59 Å². The molecule has 3 rings (SSSR count). The number of nitrogens with one attached hydrogen (secondary N) is 2. The molecule has 29 heavy (non-hydrogen) atoms. The predicted octanol–water partition coefficient (Wildman–Crippen LogP) is 2.12. The molecule has 0 bridgehead atoms. The fourth-order valence-electron chi connectivity index (χ4n) is 3.96. The van der Waals surface area contributed by atoms with Crippen LogP contribution in [0.4, 0.5) is 0 Å². The Morgan fingerprint density at radius 2 is 1.76 bits per heavy atom. The zero-order valence-corrected chi connectivity index (χ0v) is 17.7. The van der Waals surface area contributed by atoms with Gasteiger partial charge < -0.3 is 15.1 Å². The van der Waals surface area contributed by atoms with Gasteiger partial charge in [0.15, 0.2) is 0 Å². The fraction of sp³-hybridized carbons (Fsp3) is 0.417. The smallest absolute Gasteiger partial charge is 0.255 e. The van der Waals surface area contributed by atoms with E-state index in [1.54, 1.807) is 4.90 Å². The summed E-state index contributed by atoms with van der Waals surface area (Å²) in [4.78, 5) is 29.3. The van der Waals surface area contributed by atoms with Crippen molar-refractivity contribution in [1.29, 1.82) is 0 Å². The first-order chi connectivity index (χ1) is 14.0. The van der Waals surface area contributed by atoms with Crippen LogP contribution in [0.2, 0.25) is 0 Å². The number of nitrogens with zero attached hydrogens (tertiary/aromatic N) is 1. The highest BCUT2D eigenvalue weighted by Gasteiger charge is 2.40. The Kier molecular flexibility index (Phi) is 7.04. The number of aryl methyl sites for hydroxylation is 1. The third-order valence-electron chi connectivity index (χ3n) is 5.79. The molecular formula is C24H32N3O2+. The zero-order chi connectivity index (χ0) is 20.8. The summed E-state index contributed by atoms with van der Waals surface area (Å²) in [6, 6.07) is 15.0. The minimum Gasteiger partial charge on any atom is -0.354 e. The van der Waals surface area contributed by atoms with Gasteiger partial charge in [-0.05, 0) is 38.0 Å². The van der Waals surface area contributed by atoms with Crippen molar-refractivity contribution in [3.8, 4) is 0 Å². The average molecular weight is 395 g/mol. The van der Waals surface area contributed by atoms with Gasteiger partial charge in [0.2, 0.25) is 5.91 Å². The van der Waals surface area contributed by atoms with Gasteiger partial charge in [0.05, 0.1) is 19.6 Å². The van der Waals surface area contributed by atoms with Crippen molar-refractivity contribution in [2.24, 2.45) is 0 Å². The van der Waals surface area contributed by atoms with Crippen molar-refractivity contribution >= 4 is 11.8 Å². The van der Waals surface area contributed by atoms with Crippen molar-refractivity contribution in [2.45, 2.75) is 39.8 Å². The van der Waals surface area contributed by atoms with Crippen molar-refractivity contribution in [1.82, 2.24) is 10.2 Å². The van der Waals surface area contributed by atoms with Crippen LogP contribution >= 0.6 is 0 Å². The second kappa shape index (κ2) is 9.70. The fourth-order valence-corrected chi connectivity index (χ4v) is 3.96. The zero-order valence-electron chi connectivity index (χ0n) is 17.7. The molecule has 0 radical (unpaired) electrons. The number of rotatable bonds is 9. The normalized spacial score (nSPS) is 15.7. The summed E-state index contributed by atoms with van der Waals surface area (Å²) in [6.45, 7) is 10.7. The van der Waals surface area contributed by atoms with Crippen molar-refractivity contribution in [2.75, 3.05) is 26.2 Å². The quantitative estimate of drug-likeness (QED) is 0.640. The highest BCUT2D eigenvalue weighted by atomic mass is 16.2. The van der Waals surface area contributed by atoms with Crippen LogP contribution in [0.1, 0.15) is 53.4 Å². The molecule has 2 N–H and O–H groups in total. The molecule has 2 amide bonds. The van der Waals surface area contributed by atoms with Crippen LogP contribution in [-0.4, -0.2) is 42.9 Å². The lowest BCUT2D eigenvalue weighted by atomic mass is 10.0. The van der Waals surface area contributed by atoms with Crippen molar-refractivity contribution in [3.05, 3.63) is 70.8 Å². The van der Waals surface area contributed by atoms with Gasteiger partial charge in [-0.3, -0.25) is 9.59 Å². The summed E-state index contributed by atoms with van der Waals surface area (Å²) < 4.78 is 0. The molecular weight excluding hydrogens is 362 g/mol. The first-order valence-corrected chi connectivity index (χ1v) is 10.6. The standard InChI is InChI=1S/C24H31N3O2/c1-4-26(5-2)16-8-15-25-23(28)22-20-9-6-7-10-21(20)24(29)27(22)17-19-13-11-18(3)12-14-19/h6-7,9-14,22H,4-5,8,15-17H2,1-3H3,(H,25,28)/p+1. The Balaban J connectivity index is 1.72. The molecule has 1 aliphatic rings. The van der Waals surface area contributed by atoms with Crippen molar-refractivity contribution in [3.63, 3.8) is 0 Å². The van der Waals surface area contributed by atoms with Crippen LogP contribution < -0.4 is 10.2 Å². The topological polar surface area (TPSA) is 53.9 Å². The molecule has 1 atom stereocenters. The summed E-state index contributed by atoms with van der Waals surface area (Å²) in [5, 5.41) is 3.07. The number of carbonyl (C=O) groups excluding carboxylic acids is 2. The monoisotopic (exact) mass is 394 g/mol. The maximum atomic E-state index is 13.1. The van der Waals surface area contributed by atoms with E-state index in [1.165, 1.54) is 10.5 Å². The lowest BCUT2D eigenvalue weighted by Gasteiger charge is -2.25. The Morgan fingerprint density at radius 1 is 1.07 bits per heavy atom. The summed E-state index contributed by atoms with van der Waals surface area (Å²) >= 11 is 0. The van der Waals surface area contributed by atoms with Gasteiger partial charge in [0.1, 0.15) is 6.04 Å². The molecule has 1 heterocycles. The van der Waals surface area contributed by atoms with Gasteiger partial charge in [-0.15, -0.1) is 0 Å². The second-order valence-corrected chi connectivity index (χ2v) is 7.76. The van der Waals surface area contributed by atoms with Gasteiger partial charge in [-0.25, -0.2) is 0 Å². The molecule has 0 saturated heterocycles. The van der Waals surface area contributed by atoms with E-state index < -0.39 is 6.04 Å². The molecule has 0 saturated carbocycles. The summed E-state index contributed by atoms with van der Waals surface area (Å²) in [6.07, 6.45) is 0.934. The molecule has 2 aromatic carbocycles. The number of amides is 2. The maximum absolute atomic E-state index is 13.1. The lowest BCUT2D eigenvalue weighted by Crippen LogP contribution is -3.11. The predicted molar refractivity (Wildman–Crippen MR) is 115 cm³/mol. The van der Waals surface area contributed by atoms with E-state index in [1.807, 2.05) is 55.5 Å². The van der Waals surface area contributed by atoms with Gasteiger partial charge in [-0.1, -0.05) is 48.0 Å². The number of carbonyl (C=O) groups is 2. The molecule has 0 spiro atoms. The molecule has 0 aromatic heterocycles. The molecule has 1 aliphatic heterocycles. The minimum atomic E-state index is -0.569. The van der Waals surface area contributed by atoms with E-state index >= 15 is 0 Å². The maximum Gasteiger partial charge on any atom is 0.255 e. The Morgan fingerprint density at radius 3 is 2.45 bits per heavy atom. The average Bonchev–Trinajstić information content (AvgIpc) is 3.01. The van der Waals surface area contributed by atoms with E-state index in [-0.39, 0.29) is 11.8 Å². The molecule has 5 nitrogen and oxygen atoms in total. The number of quaternary nitrogens is 1. The Labute approximate surface area is 173 Å². The van der Waals surface area contributed by atoms with Gasteiger partial charge in [-0.2, -0.15) is 0 Å². The molecule has 0 fully saturated rings. The van der Waals surface area contributed by atoms with Crippen LogP contribution in [0.25, 0.3) is 0 Å². The van der Waals surface area contributed by atoms with Crippen LogP contribution in [0.5, 0.6) is 0 Å². The van der Waals surface area contributed by atoms with Gasteiger partial charge in [0, 0.05) is 25.1 Å². The Hall–Kier alpha value is -2.66. The van der Waals surface area contributed by atoms with Crippen LogP contribution in [0.3, 0.4) is 0 Å². The van der Waals surface area contributed by atoms with E-state index in [2.05, 4.69) is 19.2 Å². The second-order valence-electron chi connectivity index (χ2n) is 7.76. The first-order valence-electron chi connectivity index (χ1n) is 10.6. The van der Waals surface area contributed by atoms with E-state index in [4.69, 9.17) is 0 Å². The minimum absolute atomic E-state index is 0.0751. The largest absolute Gasteiger partial charge is 0.354 e. The molecule has 5 heteroatoms. The Bertz CT molecular complexity index is 843. The van der Waals surface area contributed by atoms with Gasteiger partial charge >= 0.3 is 0 Å². The van der Waals surface area contributed by atoms with Gasteiger partial charge in [0.25, 0.3) is 5.91 Å². The number of hydrogen-bond donors (Lipinski definition) is 2. The molecule has 2 aromatic rings. The lowest BCUT2D eigenvalue weighted by molar-refractivity contribution is -0.896. The highest BCUT2D eigenvalue weighted by Crippen LogP contribution is 2.34. The molecule has 0 aliphatic carbocycles. The highest BCUT2D eigenvalue weighted by molar-refractivity contribution is 6.04. The summed E-state index contributed by atoms with van der Waals surface area (Å²) in [5.41, 5.74) is 3.64. The number of fused-ring (bicyclic) bond motifs is 1. The first kappa shape index (κ1) is 21.1. The van der Waals surface area contributed by atoms with Crippen LogP contribution in [0.15, 0.2) is 48.5 Å². The summed E-state index contributed by atoms with van der Waals surface area (Å²) in [7, 11) is 0. The van der Waals surface area contributed by atoms with E-state index in [0.717, 1.165) is 37.2 Å². The summed E-state index contributed by atoms with van der Waals surface area (Å²) in [5.74, 6) is -0.168.